The molecule has 0 fully saturated rings. The summed E-state index contributed by atoms with van der Waals surface area (Å²) in [6.07, 6.45) is -5.51. The summed E-state index contributed by atoms with van der Waals surface area (Å²) in [5, 5.41) is 25.5. The number of aliphatic hydroxyl groups excluding tert-OH is 1. The molecule has 0 aromatic rings. The minimum absolute atomic E-state index is 0. The number of hydrogen-bond donors (Lipinski definition) is 6. The van der Waals surface area contributed by atoms with Gasteiger partial charge in [-0.2, -0.15) is 4.31 Å². The van der Waals surface area contributed by atoms with Gasteiger partial charge in [0, 0.05) is 0 Å². The van der Waals surface area contributed by atoms with Crippen molar-refractivity contribution in [1.82, 2.24) is 0 Å². The molecule has 0 aliphatic heterocycles. The Morgan fingerprint density at radius 1 is 1.00 bits per heavy atom. The molecular formula is C4H9KO12P2. The molecule has 0 radical (unpaired) electrons. The van der Waals surface area contributed by atoms with Crippen LogP contribution in [-0.2, 0) is 27.6 Å². The Morgan fingerprint density at radius 2 is 1.42 bits per heavy atom. The molecule has 0 aromatic heterocycles. The molecule has 108 valence electrons. The number of carboxylic acids is 2. The molecule has 0 rings (SSSR count). The zero-order valence-corrected chi connectivity index (χ0v) is 9.97. The van der Waals surface area contributed by atoms with Crippen molar-refractivity contribution in [1.29, 1.82) is 0 Å². The third kappa shape index (κ3) is 9.36. The first-order valence-corrected chi connectivity index (χ1v) is 6.80. The van der Waals surface area contributed by atoms with Gasteiger partial charge in [0.2, 0.25) is 6.10 Å². The molecule has 19 heavy (non-hydrogen) atoms. The third-order valence-corrected chi connectivity index (χ3v) is 3.41. The van der Waals surface area contributed by atoms with E-state index in [1.807, 2.05) is 0 Å². The summed E-state index contributed by atoms with van der Waals surface area (Å²) in [6, 6.07) is 0. The second-order valence-electron chi connectivity index (χ2n) is 2.69. The van der Waals surface area contributed by atoms with E-state index in [0.717, 1.165) is 0 Å². The summed E-state index contributed by atoms with van der Waals surface area (Å²) in [5.41, 5.74) is 0. The number of carboxylic acid groups (broad SMARTS) is 2. The second kappa shape index (κ2) is 8.29. The molecule has 12 nitrogen and oxygen atoms in total. The molecule has 0 aliphatic rings. The number of phosphoric ester groups is 1. The first kappa shape index (κ1) is 22.1. The Labute approximate surface area is 147 Å². The fraction of sp³-hybridized carbons (Fsp3) is 0.500. The van der Waals surface area contributed by atoms with E-state index < -0.39 is 39.8 Å². The molecule has 15 heteroatoms. The van der Waals surface area contributed by atoms with Crippen molar-refractivity contribution >= 4 is 79.0 Å². The molecule has 0 spiro atoms. The Morgan fingerprint density at radius 3 is 1.68 bits per heavy atom. The van der Waals surface area contributed by atoms with Gasteiger partial charge < -0.3 is 30.0 Å². The van der Waals surface area contributed by atoms with E-state index >= 15 is 0 Å². The van der Waals surface area contributed by atoms with Gasteiger partial charge in [-0.05, 0) is 0 Å². The maximum absolute atomic E-state index is 10.9. The van der Waals surface area contributed by atoms with Crippen LogP contribution in [0.3, 0.4) is 0 Å². The summed E-state index contributed by atoms with van der Waals surface area (Å²) < 4.78 is 28.0. The summed E-state index contributed by atoms with van der Waals surface area (Å²) in [5.74, 6) is -4.26. The van der Waals surface area contributed by atoms with E-state index in [2.05, 4.69) is 8.83 Å². The molecule has 0 bridgehead atoms. The van der Waals surface area contributed by atoms with Crippen LogP contribution in [-0.4, -0.2) is 106 Å². The van der Waals surface area contributed by atoms with Crippen LogP contribution in [0.2, 0.25) is 0 Å². The van der Waals surface area contributed by atoms with Crippen molar-refractivity contribution in [2.75, 3.05) is 0 Å². The van der Waals surface area contributed by atoms with Crippen molar-refractivity contribution in [3.05, 3.63) is 0 Å². The molecular weight excluding hydrogens is 341 g/mol. The van der Waals surface area contributed by atoms with Gasteiger partial charge >= 0.3 is 79.0 Å². The molecule has 0 aliphatic carbocycles. The van der Waals surface area contributed by atoms with Crippen LogP contribution in [0.5, 0.6) is 0 Å². The second-order valence-corrected chi connectivity index (χ2v) is 5.47. The summed E-state index contributed by atoms with van der Waals surface area (Å²) in [4.78, 5) is 45.9. The van der Waals surface area contributed by atoms with Crippen molar-refractivity contribution in [2.24, 2.45) is 0 Å². The molecule has 6 N–H and O–H groups in total. The number of phosphoric acid groups is 2. The van der Waals surface area contributed by atoms with Crippen molar-refractivity contribution in [2.45, 2.75) is 12.2 Å². The minimum atomic E-state index is -5.58. The van der Waals surface area contributed by atoms with Gasteiger partial charge in [-0.3, -0.25) is 4.52 Å². The van der Waals surface area contributed by atoms with Gasteiger partial charge in [-0.25, -0.2) is 18.7 Å². The van der Waals surface area contributed by atoms with Gasteiger partial charge in [0.1, 0.15) is 0 Å². The van der Waals surface area contributed by atoms with Gasteiger partial charge in [0.25, 0.3) is 0 Å². The quantitative estimate of drug-likeness (QED) is 0.207. The standard InChI is InChI=1S/C4H8O12P2.K.H/c5-1(3(6)7)2(4(8)9)15-18(13,14)16-17(10,11)12;;/h1-2,5H,(H,6,7)(H,8,9)(H,13,14)(H2,10,11,12);;/t1-,2-;;/m1../s1. The normalized spacial score (nSPS) is 17.7. The molecule has 0 aromatic carbocycles. The van der Waals surface area contributed by atoms with Crippen LogP contribution >= 0.6 is 15.6 Å². The molecule has 3 atom stereocenters. The number of aliphatic carboxylic acids is 2. The zero-order valence-electron chi connectivity index (χ0n) is 8.18. The fourth-order valence-corrected chi connectivity index (χ4v) is 2.39. The number of hydrogen-bond acceptors (Lipinski definition) is 7. The van der Waals surface area contributed by atoms with E-state index in [9.17, 15) is 18.7 Å². The van der Waals surface area contributed by atoms with E-state index in [4.69, 9.17) is 30.0 Å². The molecule has 0 heterocycles. The van der Waals surface area contributed by atoms with Crippen molar-refractivity contribution < 1.29 is 57.6 Å². The molecule has 0 amide bonds. The Hall–Kier alpha value is 0.796. The van der Waals surface area contributed by atoms with E-state index in [-0.39, 0.29) is 51.4 Å². The van der Waals surface area contributed by atoms with Gasteiger partial charge in [-0.15, -0.1) is 0 Å². The average molecular weight is 350 g/mol. The van der Waals surface area contributed by atoms with Crippen LogP contribution in [0.4, 0.5) is 0 Å². The summed E-state index contributed by atoms with van der Waals surface area (Å²) in [6.45, 7) is 0. The molecule has 0 saturated heterocycles. The van der Waals surface area contributed by atoms with E-state index in [1.165, 1.54) is 0 Å². The summed E-state index contributed by atoms with van der Waals surface area (Å²) in [7, 11) is -11.1. The summed E-state index contributed by atoms with van der Waals surface area (Å²) >= 11 is 0. The Kier molecular flexibility index (Phi) is 9.64. The van der Waals surface area contributed by atoms with Gasteiger partial charge in [0.15, 0.2) is 6.10 Å². The predicted octanol–water partition coefficient (Wildman–Crippen LogP) is -2.54. The van der Waals surface area contributed by atoms with E-state index in [0.29, 0.717) is 0 Å². The van der Waals surface area contributed by atoms with Crippen LogP contribution in [0, 0.1) is 0 Å². The van der Waals surface area contributed by atoms with Crippen LogP contribution in [0.1, 0.15) is 0 Å². The van der Waals surface area contributed by atoms with Crippen LogP contribution < -0.4 is 0 Å². The van der Waals surface area contributed by atoms with Gasteiger partial charge in [-0.1, -0.05) is 0 Å². The monoisotopic (exact) mass is 350 g/mol. The van der Waals surface area contributed by atoms with Crippen molar-refractivity contribution in [3.8, 4) is 0 Å². The van der Waals surface area contributed by atoms with E-state index in [1.54, 1.807) is 0 Å². The maximum atomic E-state index is 10.9. The Bertz CT molecular complexity index is 427. The fourth-order valence-electron chi connectivity index (χ4n) is 0.664. The zero-order chi connectivity index (χ0) is 14.7. The van der Waals surface area contributed by atoms with Crippen LogP contribution in [0.25, 0.3) is 0 Å². The first-order chi connectivity index (χ1) is 7.86. The van der Waals surface area contributed by atoms with Gasteiger partial charge in [0.05, 0.1) is 0 Å². The Balaban J connectivity index is 0. The number of carbonyl (C=O) groups is 2. The topological polar surface area (TPSA) is 208 Å². The van der Waals surface area contributed by atoms with Crippen molar-refractivity contribution in [3.63, 3.8) is 0 Å². The molecule has 0 saturated carbocycles. The number of rotatable bonds is 7. The number of aliphatic hydroxyl groups is 1. The first-order valence-electron chi connectivity index (χ1n) is 3.77. The van der Waals surface area contributed by atoms with Crippen LogP contribution in [0.15, 0.2) is 0 Å². The predicted molar refractivity (Wildman–Crippen MR) is 56.3 cm³/mol. The third-order valence-electron chi connectivity index (χ3n) is 1.24. The SMILES string of the molecule is O=C(O)[C@H](O)[C@@H](OP(=O)(O)OP(=O)(O)O)C(=O)O.[KH]. The molecule has 1 unspecified atom stereocenters. The average Bonchev–Trinajstić information content (AvgIpc) is 2.08.